The van der Waals surface area contributed by atoms with Crippen molar-refractivity contribution in [1.29, 1.82) is 0 Å². The van der Waals surface area contributed by atoms with Crippen molar-refractivity contribution >= 4 is 34.7 Å². The number of carbonyl (C=O) groups is 1. The van der Waals surface area contributed by atoms with Crippen LogP contribution in [-0.4, -0.2) is 60.3 Å². The van der Waals surface area contributed by atoms with Gasteiger partial charge in [-0.1, -0.05) is 18.5 Å². The van der Waals surface area contributed by atoms with Crippen LogP contribution in [0, 0.1) is 11.3 Å². The zero-order valence-corrected chi connectivity index (χ0v) is 21.7. The minimum absolute atomic E-state index is 0.0143. The summed E-state index contributed by atoms with van der Waals surface area (Å²) in [5, 5.41) is 14.8. The number of pyridine rings is 1. The number of carboxylic acid groups (broad SMARTS) is 1. The average Bonchev–Trinajstić information content (AvgIpc) is 3.56. The van der Waals surface area contributed by atoms with Crippen LogP contribution in [0.25, 0.3) is 0 Å². The summed E-state index contributed by atoms with van der Waals surface area (Å²) < 4.78 is 52.0. The lowest BCUT2D eigenvalue weighted by atomic mass is 9.91. The molecule has 1 spiro atoms. The number of aliphatic carboxylic acids is 1. The van der Waals surface area contributed by atoms with E-state index in [9.17, 15) is 23.1 Å². The van der Waals surface area contributed by atoms with Crippen LogP contribution in [0.15, 0.2) is 41.6 Å². The highest BCUT2D eigenvalue weighted by Gasteiger charge is 2.54. The summed E-state index contributed by atoms with van der Waals surface area (Å²) in [5.41, 5.74) is 0.270. The van der Waals surface area contributed by atoms with E-state index in [1.54, 1.807) is 37.6 Å². The average molecular weight is 553 g/mol. The van der Waals surface area contributed by atoms with Crippen LogP contribution in [0.1, 0.15) is 32.6 Å². The lowest BCUT2D eigenvalue weighted by molar-refractivity contribution is -0.137. The molecule has 1 aromatic heterocycles. The second kappa shape index (κ2) is 9.83. The number of hydrogen-bond donors (Lipinski definition) is 1. The van der Waals surface area contributed by atoms with Gasteiger partial charge >= 0.3 is 12.1 Å². The molecule has 12 heteroatoms. The molecule has 1 N–H and O–H groups in total. The third kappa shape index (κ3) is 5.08. The van der Waals surface area contributed by atoms with Gasteiger partial charge in [-0.2, -0.15) is 18.3 Å². The molecule has 3 unspecified atom stereocenters. The molecule has 2 aliphatic heterocycles. The zero-order chi connectivity index (χ0) is 27.2. The number of hydrogen-bond acceptors (Lipinski definition) is 7. The molecule has 3 atom stereocenters. The van der Waals surface area contributed by atoms with Crippen molar-refractivity contribution in [3.63, 3.8) is 0 Å². The molecule has 204 valence electrons. The molecule has 1 aliphatic carbocycles. The van der Waals surface area contributed by atoms with Crippen LogP contribution in [0.3, 0.4) is 0 Å². The fourth-order valence-electron chi connectivity index (χ4n) is 5.46. The van der Waals surface area contributed by atoms with Gasteiger partial charge in [0, 0.05) is 36.9 Å². The minimum atomic E-state index is -4.63. The standard InChI is InChI=1S/C26H28ClF3N4O4/c1-15-19(12-23(35)36)34(32-24(15)26(28,29)30)16-3-5-17(6-4-16)38-21-7-10-33(14-25(21)8-9-25)20-11-22(37-2)31-13-18(20)27/h3-6,11,13,15,19,21H,7-10,12,14H2,1-2H3,(H,35,36). The van der Waals surface area contributed by atoms with Crippen molar-refractivity contribution < 1.29 is 32.5 Å². The molecule has 3 heterocycles. The molecular formula is C26H28ClF3N4O4. The van der Waals surface area contributed by atoms with Crippen molar-refractivity contribution in [2.45, 2.75) is 50.9 Å². The normalized spacial score (nSPS) is 24.4. The smallest absolute Gasteiger partial charge is 0.431 e. The molecule has 2 fully saturated rings. The topological polar surface area (TPSA) is 87.5 Å². The Labute approximate surface area is 223 Å². The van der Waals surface area contributed by atoms with Crippen LogP contribution in [-0.2, 0) is 4.79 Å². The van der Waals surface area contributed by atoms with E-state index in [-0.39, 0.29) is 11.5 Å². The Kier molecular flexibility index (Phi) is 6.83. The molecule has 5 rings (SSSR count). The fourth-order valence-corrected chi connectivity index (χ4v) is 5.68. The Hall–Kier alpha value is -3.21. The van der Waals surface area contributed by atoms with Gasteiger partial charge in [0.05, 0.1) is 42.2 Å². The first-order valence-electron chi connectivity index (χ1n) is 12.4. The molecule has 8 nitrogen and oxygen atoms in total. The van der Waals surface area contributed by atoms with E-state index < -0.39 is 36.2 Å². The number of piperidine rings is 1. The number of nitrogens with zero attached hydrogens (tertiary/aromatic N) is 4. The second-order valence-corrected chi connectivity index (χ2v) is 10.5. The SMILES string of the molecule is COc1cc(N2CCC(Oc3ccc(N4N=C(C(F)(F)F)C(C)C4CC(=O)O)cc3)C3(CC3)C2)c(Cl)cn1. The summed E-state index contributed by atoms with van der Waals surface area (Å²) in [6, 6.07) is 7.54. The predicted molar refractivity (Wildman–Crippen MR) is 136 cm³/mol. The number of benzene rings is 1. The molecule has 0 radical (unpaired) electrons. The monoisotopic (exact) mass is 552 g/mol. The van der Waals surface area contributed by atoms with Crippen molar-refractivity contribution in [1.82, 2.24) is 4.98 Å². The van der Waals surface area contributed by atoms with E-state index in [0.717, 1.165) is 38.0 Å². The number of ether oxygens (including phenoxy) is 2. The number of hydrazone groups is 1. The number of aromatic nitrogens is 1. The summed E-state index contributed by atoms with van der Waals surface area (Å²) in [6.07, 6.45) is -0.722. The van der Waals surface area contributed by atoms with Gasteiger partial charge in [0.2, 0.25) is 5.88 Å². The number of anilines is 2. The first-order chi connectivity index (χ1) is 18.0. The second-order valence-electron chi connectivity index (χ2n) is 10.1. The Balaban J connectivity index is 1.29. The van der Waals surface area contributed by atoms with Gasteiger partial charge in [-0.15, -0.1) is 0 Å². The largest absolute Gasteiger partial charge is 0.490 e. The maximum atomic E-state index is 13.5. The summed E-state index contributed by atoms with van der Waals surface area (Å²) in [7, 11) is 1.56. The summed E-state index contributed by atoms with van der Waals surface area (Å²) >= 11 is 6.42. The van der Waals surface area contributed by atoms with Gasteiger partial charge in [0.15, 0.2) is 0 Å². The molecular weight excluding hydrogens is 525 g/mol. The van der Waals surface area contributed by atoms with Crippen molar-refractivity contribution in [3.05, 3.63) is 41.6 Å². The molecule has 0 amide bonds. The highest BCUT2D eigenvalue weighted by atomic mass is 35.5. The molecule has 38 heavy (non-hydrogen) atoms. The van der Waals surface area contributed by atoms with Gasteiger partial charge in [-0.25, -0.2) is 4.98 Å². The highest BCUT2D eigenvalue weighted by Crippen LogP contribution is 2.54. The summed E-state index contributed by atoms with van der Waals surface area (Å²) in [6.45, 7) is 2.86. The van der Waals surface area contributed by atoms with Crippen molar-refractivity contribution in [3.8, 4) is 11.6 Å². The summed E-state index contributed by atoms with van der Waals surface area (Å²) in [4.78, 5) is 17.7. The fraction of sp³-hybridized carbons (Fsp3) is 0.500. The molecule has 0 bridgehead atoms. The van der Waals surface area contributed by atoms with Crippen LogP contribution in [0.5, 0.6) is 11.6 Å². The van der Waals surface area contributed by atoms with E-state index in [4.69, 9.17) is 21.1 Å². The number of alkyl halides is 3. The van der Waals surface area contributed by atoms with Crippen molar-refractivity contribution in [2.24, 2.45) is 16.4 Å². The number of rotatable bonds is 7. The molecule has 1 saturated heterocycles. The van der Waals surface area contributed by atoms with Crippen LogP contribution < -0.4 is 19.4 Å². The Bertz CT molecular complexity index is 1240. The van der Waals surface area contributed by atoms with Gasteiger partial charge in [-0.05, 0) is 37.1 Å². The maximum absolute atomic E-state index is 13.5. The zero-order valence-electron chi connectivity index (χ0n) is 20.9. The van der Waals surface area contributed by atoms with E-state index in [1.165, 1.54) is 11.9 Å². The summed E-state index contributed by atoms with van der Waals surface area (Å²) in [5.74, 6) is -1.16. The van der Waals surface area contributed by atoms with Gasteiger partial charge in [0.25, 0.3) is 0 Å². The van der Waals surface area contributed by atoms with Gasteiger partial charge in [0.1, 0.15) is 17.6 Å². The van der Waals surface area contributed by atoms with Crippen LogP contribution >= 0.6 is 11.6 Å². The molecule has 1 aromatic carbocycles. The Morgan fingerprint density at radius 2 is 1.97 bits per heavy atom. The van der Waals surface area contributed by atoms with Crippen LogP contribution in [0.2, 0.25) is 5.02 Å². The third-order valence-corrected chi connectivity index (χ3v) is 7.99. The molecule has 2 aromatic rings. The van der Waals surface area contributed by atoms with E-state index >= 15 is 0 Å². The van der Waals surface area contributed by atoms with E-state index in [2.05, 4.69) is 15.0 Å². The Morgan fingerprint density at radius 1 is 1.26 bits per heavy atom. The van der Waals surface area contributed by atoms with Crippen molar-refractivity contribution in [2.75, 3.05) is 30.1 Å². The molecule has 1 saturated carbocycles. The molecule has 3 aliphatic rings. The lowest BCUT2D eigenvalue weighted by Gasteiger charge is -2.40. The third-order valence-electron chi connectivity index (χ3n) is 7.69. The minimum Gasteiger partial charge on any atom is -0.490 e. The Morgan fingerprint density at radius 3 is 2.58 bits per heavy atom. The quantitative estimate of drug-likeness (QED) is 0.492. The van der Waals surface area contributed by atoms with Crippen LogP contribution in [0.4, 0.5) is 24.5 Å². The first-order valence-corrected chi connectivity index (χ1v) is 12.8. The van der Waals surface area contributed by atoms with E-state index in [0.29, 0.717) is 22.3 Å². The number of carboxylic acids is 1. The highest BCUT2D eigenvalue weighted by molar-refractivity contribution is 6.33. The van der Waals surface area contributed by atoms with Gasteiger partial charge in [-0.3, -0.25) is 9.80 Å². The number of halogens is 4. The number of methoxy groups -OCH3 is 1. The first kappa shape index (κ1) is 26.4. The predicted octanol–water partition coefficient (Wildman–Crippen LogP) is 5.40. The van der Waals surface area contributed by atoms with E-state index in [1.807, 2.05) is 6.07 Å². The lowest BCUT2D eigenvalue weighted by Crippen LogP contribution is -2.47. The van der Waals surface area contributed by atoms with Gasteiger partial charge < -0.3 is 19.5 Å². The maximum Gasteiger partial charge on any atom is 0.431 e.